The van der Waals surface area contributed by atoms with Gasteiger partial charge in [-0.2, -0.15) is 0 Å². The highest BCUT2D eigenvalue weighted by atomic mass is 16.6. The Balaban J connectivity index is 1.07. The third-order valence-corrected chi connectivity index (χ3v) is 11.8. The van der Waals surface area contributed by atoms with Gasteiger partial charge in [0.1, 0.15) is 11.8 Å². The van der Waals surface area contributed by atoms with Gasteiger partial charge >= 0.3 is 5.97 Å². The van der Waals surface area contributed by atoms with Crippen LogP contribution in [0.4, 0.5) is 0 Å². The van der Waals surface area contributed by atoms with Crippen molar-refractivity contribution in [3.63, 3.8) is 0 Å². The standard InChI is InChI=1S/C35H45N3O5/c1-21(39)27-11-12-28-26-10-9-23-18-24(13-15-34(23,2)29(26)14-16-35(27,28)3)38-43-20-32(40)37-31(33(41)42-4)17-22-19-36-30-8-6-5-7-25(22)30/h5-8,18-19,26-29,31,36H,9-17,20H2,1-4H3,(H,37,40). The zero-order valence-corrected chi connectivity index (χ0v) is 25.9. The molecule has 0 saturated heterocycles. The lowest BCUT2D eigenvalue weighted by Crippen LogP contribution is -2.51. The highest BCUT2D eigenvalue weighted by Crippen LogP contribution is 2.66. The van der Waals surface area contributed by atoms with Crippen molar-refractivity contribution in [1.82, 2.24) is 10.3 Å². The van der Waals surface area contributed by atoms with Crippen LogP contribution in [0.2, 0.25) is 0 Å². The predicted octanol–water partition coefficient (Wildman–Crippen LogP) is 5.91. The normalized spacial score (nSPS) is 33.1. The lowest BCUT2D eigenvalue weighted by Gasteiger charge is -2.58. The number of nitrogens with one attached hydrogen (secondary N) is 2. The van der Waals surface area contributed by atoms with Crippen LogP contribution >= 0.6 is 0 Å². The van der Waals surface area contributed by atoms with Crippen molar-refractivity contribution >= 4 is 34.3 Å². The third kappa shape index (κ3) is 5.31. The molecule has 4 aliphatic carbocycles. The number of benzene rings is 1. The number of hydrogen-bond donors (Lipinski definition) is 2. The number of fused-ring (bicyclic) bond motifs is 6. The second-order valence-electron chi connectivity index (χ2n) is 13.9. The molecule has 1 amide bonds. The van der Waals surface area contributed by atoms with Crippen molar-refractivity contribution in [3.05, 3.63) is 47.7 Å². The van der Waals surface area contributed by atoms with Gasteiger partial charge in [0.05, 0.1) is 12.8 Å². The van der Waals surface area contributed by atoms with E-state index in [-0.39, 0.29) is 23.4 Å². The molecule has 3 saturated carbocycles. The van der Waals surface area contributed by atoms with E-state index in [2.05, 4.69) is 35.4 Å². The molecular weight excluding hydrogens is 542 g/mol. The number of oxime groups is 1. The second-order valence-corrected chi connectivity index (χ2v) is 13.9. The van der Waals surface area contributed by atoms with Gasteiger partial charge in [-0.25, -0.2) is 4.79 Å². The molecule has 7 unspecified atom stereocenters. The smallest absolute Gasteiger partial charge is 0.328 e. The molecule has 6 rings (SSSR count). The zero-order chi connectivity index (χ0) is 30.4. The van der Waals surface area contributed by atoms with E-state index in [1.807, 2.05) is 30.5 Å². The van der Waals surface area contributed by atoms with E-state index in [0.29, 0.717) is 30.0 Å². The van der Waals surface area contributed by atoms with Gasteiger partial charge in [0.25, 0.3) is 5.91 Å². The monoisotopic (exact) mass is 587 g/mol. The number of rotatable bonds is 8. The summed E-state index contributed by atoms with van der Waals surface area (Å²) in [6.07, 6.45) is 13.1. The third-order valence-electron chi connectivity index (χ3n) is 11.8. The fourth-order valence-electron chi connectivity index (χ4n) is 9.58. The lowest BCUT2D eigenvalue weighted by atomic mass is 9.46. The minimum Gasteiger partial charge on any atom is -0.467 e. The Bertz CT molecular complexity index is 1470. The van der Waals surface area contributed by atoms with Gasteiger partial charge in [-0.1, -0.05) is 42.8 Å². The van der Waals surface area contributed by atoms with Crippen LogP contribution in [0, 0.1) is 34.5 Å². The number of H-pyrrole nitrogens is 1. The Kier molecular flexibility index (Phi) is 7.99. The average molecular weight is 588 g/mol. The van der Waals surface area contributed by atoms with Crippen LogP contribution in [0.5, 0.6) is 0 Å². The molecule has 3 fully saturated rings. The molecule has 8 nitrogen and oxygen atoms in total. The molecule has 43 heavy (non-hydrogen) atoms. The van der Waals surface area contributed by atoms with Crippen molar-refractivity contribution < 1.29 is 24.0 Å². The number of ketones is 1. The number of ether oxygens (including phenoxy) is 1. The van der Waals surface area contributed by atoms with Crippen LogP contribution in [0.25, 0.3) is 10.9 Å². The summed E-state index contributed by atoms with van der Waals surface area (Å²) in [5, 5.41) is 8.12. The summed E-state index contributed by atoms with van der Waals surface area (Å²) in [7, 11) is 1.32. The van der Waals surface area contributed by atoms with Crippen molar-refractivity contribution in [1.29, 1.82) is 0 Å². The van der Waals surface area contributed by atoms with E-state index in [1.54, 1.807) is 6.92 Å². The highest BCUT2D eigenvalue weighted by molar-refractivity contribution is 5.96. The van der Waals surface area contributed by atoms with Crippen molar-refractivity contribution in [2.75, 3.05) is 13.7 Å². The minimum absolute atomic E-state index is 0.158. The SMILES string of the molecule is COC(=O)C(Cc1c[nH]c2ccccc12)NC(=O)CON=C1C=C2CCC3C(CCC4(C)C(C(C)=O)CCC34)C2(C)CC1. The number of nitrogens with zero attached hydrogens (tertiary/aromatic N) is 1. The molecule has 4 aliphatic rings. The number of carbonyl (C=O) groups is 3. The van der Waals surface area contributed by atoms with E-state index in [0.717, 1.165) is 54.3 Å². The van der Waals surface area contributed by atoms with Gasteiger partial charge < -0.3 is 19.9 Å². The molecule has 2 aromatic rings. The number of aromatic amines is 1. The van der Waals surface area contributed by atoms with Gasteiger partial charge in [-0.3, -0.25) is 9.59 Å². The first-order chi connectivity index (χ1) is 20.6. The average Bonchev–Trinajstić information content (AvgIpc) is 3.57. The summed E-state index contributed by atoms with van der Waals surface area (Å²) in [4.78, 5) is 46.4. The fraction of sp³-hybridized carbons (Fsp3) is 0.600. The predicted molar refractivity (Wildman–Crippen MR) is 165 cm³/mol. The summed E-state index contributed by atoms with van der Waals surface area (Å²) in [6.45, 7) is 6.37. The van der Waals surface area contributed by atoms with Gasteiger partial charge in [0.2, 0.25) is 0 Å². The number of methoxy groups -OCH3 is 1. The maximum Gasteiger partial charge on any atom is 0.328 e. The number of allylic oxidation sites excluding steroid dienone is 2. The number of para-hydroxylation sites is 1. The molecule has 8 heteroatoms. The fourth-order valence-corrected chi connectivity index (χ4v) is 9.58. The van der Waals surface area contributed by atoms with Crippen LogP contribution in [0.1, 0.15) is 77.7 Å². The van der Waals surface area contributed by atoms with E-state index in [9.17, 15) is 14.4 Å². The summed E-state index contributed by atoms with van der Waals surface area (Å²) in [5.74, 6) is 1.69. The quantitative estimate of drug-likeness (QED) is 0.295. The first-order valence-electron chi connectivity index (χ1n) is 16.0. The molecule has 0 radical (unpaired) electrons. The largest absolute Gasteiger partial charge is 0.467 e. The van der Waals surface area contributed by atoms with E-state index in [4.69, 9.17) is 9.57 Å². The Morgan fingerprint density at radius 1 is 1.07 bits per heavy atom. The summed E-state index contributed by atoms with van der Waals surface area (Å²) < 4.78 is 4.96. The van der Waals surface area contributed by atoms with Crippen molar-refractivity contribution in [3.8, 4) is 0 Å². The van der Waals surface area contributed by atoms with E-state index >= 15 is 0 Å². The van der Waals surface area contributed by atoms with Crippen LogP contribution in [-0.2, 0) is 30.4 Å². The number of amides is 1. The maximum atomic E-state index is 12.8. The number of Topliss-reactive ketones (excluding diaryl/α,β-unsaturated/α-hetero) is 1. The van der Waals surface area contributed by atoms with E-state index in [1.165, 1.54) is 31.9 Å². The molecule has 0 spiro atoms. The second kappa shape index (κ2) is 11.6. The Morgan fingerprint density at radius 3 is 2.67 bits per heavy atom. The van der Waals surface area contributed by atoms with Crippen LogP contribution in [0.15, 0.2) is 47.3 Å². The molecule has 0 aliphatic heterocycles. The molecule has 1 aromatic heterocycles. The lowest BCUT2D eigenvalue weighted by molar-refractivity contribution is -0.145. The van der Waals surface area contributed by atoms with Crippen LogP contribution < -0.4 is 5.32 Å². The zero-order valence-electron chi connectivity index (χ0n) is 25.9. The van der Waals surface area contributed by atoms with Gasteiger partial charge in [-0.05, 0) is 105 Å². The molecule has 2 N–H and O–H groups in total. The Hall–Kier alpha value is -3.42. The summed E-state index contributed by atoms with van der Waals surface area (Å²) in [6, 6.07) is 7.01. The molecule has 230 valence electrons. The molecular formula is C35H45N3O5. The van der Waals surface area contributed by atoms with E-state index < -0.39 is 17.9 Å². The highest BCUT2D eigenvalue weighted by Gasteiger charge is 2.59. The van der Waals surface area contributed by atoms with Gasteiger partial charge in [-0.15, -0.1) is 0 Å². The minimum atomic E-state index is -0.830. The van der Waals surface area contributed by atoms with Crippen molar-refractivity contribution in [2.45, 2.75) is 84.6 Å². The Morgan fingerprint density at radius 2 is 1.88 bits per heavy atom. The summed E-state index contributed by atoms with van der Waals surface area (Å²) >= 11 is 0. The molecule has 1 aromatic carbocycles. The molecule has 7 atom stereocenters. The number of esters is 1. The van der Waals surface area contributed by atoms with Crippen molar-refractivity contribution in [2.24, 2.45) is 39.7 Å². The first kappa shape index (κ1) is 29.6. The van der Waals surface area contributed by atoms with Crippen LogP contribution in [-0.4, -0.2) is 48.1 Å². The summed E-state index contributed by atoms with van der Waals surface area (Å²) in [5.41, 5.74) is 4.56. The van der Waals surface area contributed by atoms with Crippen LogP contribution in [0.3, 0.4) is 0 Å². The van der Waals surface area contributed by atoms with Gasteiger partial charge in [0.15, 0.2) is 6.61 Å². The topological polar surface area (TPSA) is 110 Å². The number of aromatic nitrogens is 1. The molecule has 0 bridgehead atoms. The van der Waals surface area contributed by atoms with Gasteiger partial charge in [0, 0.05) is 29.4 Å². The molecule has 1 heterocycles. The first-order valence-corrected chi connectivity index (χ1v) is 16.0. The Labute approximate surface area is 254 Å². The number of hydrogen-bond acceptors (Lipinski definition) is 6. The number of carbonyl (C=O) groups excluding carboxylic acids is 3. The maximum absolute atomic E-state index is 12.8.